The SMILES string of the molecule is Cc1cncc(C2c3ccc(Br)cc3OC(=N)C2C#N)c1. The zero-order valence-corrected chi connectivity index (χ0v) is 12.9. The van der Waals surface area contributed by atoms with Gasteiger partial charge in [0.1, 0.15) is 11.7 Å². The van der Waals surface area contributed by atoms with Gasteiger partial charge in [0.05, 0.1) is 6.07 Å². The van der Waals surface area contributed by atoms with Crippen LogP contribution in [0.2, 0.25) is 0 Å². The quantitative estimate of drug-likeness (QED) is 0.857. The Hall–Kier alpha value is -2.19. The molecular formula is C16H12BrN3O. The summed E-state index contributed by atoms with van der Waals surface area (Å²) in [6.45, 7) is 1.96. The van der Waals surface area contributed by atoms with Crippen LogP contribution >= 0.6 is 15.9 Å². The largest absolute Gasteiger partial charge is 0.442 e. The third kappa shape index (κ3) is 2.43. The molecule has 1 aliphatic rings. The zero-order chi connectivity index (χ0) is 15.0. The first kappa shape index (κ1) is 13.8. The van der Waals surface area contributed by atoms with E-state index in [1.807, 2.05) is 31.2 Å². The maximum Gasteiger partial charge on any atom is 0.205 e. The summed E-state index contributed by atoms with van der Waals surface area (Å²) in [6, 6.07) is 9.87. The van der Waals surface area contributed by atoms with Crippen LogP contribution < -0.4 is 4.74 Å². The van der Waals surface area contributed by atoms with Gasteiger partial charge in [0, 0.05) is 28.3 Å². The fraction of sp³-hybridized carbons (Fsp3) is 0.188. The molecule has 1 N–H and O–H groups in total. The van der Waals surface area contributed by atoms with Gasteiger partial charge in [-0.2, -0.15) is 5.26 Å². The lowest BCUT2D eigenvalue weighted by molar-refractivity contribution is 0.450. The van der Waals surface area contributed by atoms with E-state index in [0.717, 1.165) is 21.2 Å². The van der Waals surface area contributed by atoms with Crippen LogP contribution in [0.4, 0.5) is 0 Å². The van der Waals surface area contributed by atoms with Crippen molar-refractivity contribution in [1.82, 2.24) is 4.98 Å². The van der Waals surface area contributed by atoms with Crippen molar-refractivity contribution in [1.29, 1.82) is 10.7 Å². The van der Waals surface area contributed by atoms with Crippen molar-refractivity contribution < 1.29 is 4.74 Å². The van der Waals surface area contributed by atoms with Crippen molar-refractivity contribution in [3.63, 3.8) is 0 Å². The third-order valence-corrected chi connectivity index (χ3v) is 4.03. The fourth-order valence-corrected chi connectivity index (χ4v) is 2.96. The van der Waals surface area contributed by atoms with E-state index in [-0.39, 0.29) is 11.8 Å². The summed E-state index contributed by atoms with van der Waals surface area (Å²) in [4.78, 5) is 4.21. The second-order valence-corrected chi connectivity index (χ2v) is 5.94. The molecule has 2 unspecified atom stereocenters. The van der Waals surface area contributed by atoms with E-state index in [1.165, 1.54) is 0 Å². The highest BCUT2D eigenvalue weighted by atomic mass is 79.9. The average Bonchev–Trinajstić information content (AvgIpc) is 2.45. The van der Waals surface area contributed by atoms with Crippen LogP contribution in [0, 0.1) is 29.6 Å². The number of aromatic nitrogens is 1. The smallest absolute Gasteiger partial charge is 0.205 e. The summed E-state index contributed by atoms with van der Waals surface area (Å²) in [5, 5.41) is 17.4. The van der Waals surface area contributed by atoms with Crippen LogP contribution in [0.3, 0.4) is 0 Å². The third-order valence-electron chi connectivity index (χ3n) is 3.54. The van der Waals surface area contributed by atoms with Crippen LogP contribution in [0.25, 0.3) is 0 Å². The first-order valence-electron chi connectivity index (χ1n) is 6.47. The minimum Gasteiger partial charge on any atom is -0.442 e. The second kappa shape index (κ2) is 5.30. The minimum atomic E-state index is -0.637. The number of pyridine rings is 1. The monoisotopic (exact) mass is 341 g/mol. The average molecular weight is 342 g/mol. The van der Waals surface area contributed by atoms with Gasteiger partial charge in [-0.3, -0.25) is 10.4 Å². The molecule has 0 spiro atoms. The molecule has 0 bridgehead atoms. The van der Waals surface area contributed by atoms with Gasteiger partial charge in [-0.05, 0) is 30.2 Å². The molecule has 0 saturated carbocycles. The summed E-state index contributed by atoms with van der Waals surface area (Å²) < 4.78 is 6.39. The van der Waals surface area contributed by atoms with E-state index in [2.05, 4.69) is 27.0 Å². The Bertz CT molecular complexity index is 766. The molecule has 21 heavy (non-hydrogen) atoms. The number of benzene rings is 1. The lowest BCUT2D eigenvalue weighted by Crippen LogP contribution is -2.31. The highest BCUT2D eigenvalue weighted by Gasteiger charge is 2.37. The maximum absolute atomic E-state index is 9.44. The van der Waals surface area contributed by atoms with Gasteiger partial charge in [-0.15, -0.1) is 0 Å². The molecule has 0 amide bonds. The van der Waals surface area contributed by atoms with E-state index in [9.17, 15) is 5.26 Å². The standard InChI is InChI=1S/C16H12BrN3O/c1-9-4-10(8-20-7-9)15-12-3-2-11(17)5-14(12)21-16(19)13(15)6-18/h2-5,7-8,13,15,19H,1H3. The van der Waals surface area contributed by atoms with E-state index in [0.29, 0.717) is 5.75 Å². The van der Waals surface area contributed by atoms with Gasteiger partial charge >= 0.3 is 0 Å². The molecule has 1 aromatic carbocycles. The number of halogens is 1. The molecule has 4 nitrogen and oxygen atoms in total. The van der Waals surface area contributed by atoms with Crippen molar-refractivity contribution in [2.75, 3.05) is 0 Å². The highest BCUT2D eigenvalue weighted by Crippen LogP contribution is 2.42. The summed E-state index contributed by atoms with van der Waals surface area (Å²) in [7, 11) is 0. The first-order chi connectivity index (χ1) is 10.1. The van der Waals surface area contributed by atoms with Gasteiger partial charge in [-0.1, -0.05) is 28.1 Å². The Labute approximate surface area is 131 Å². The van der Waals surface area contributed by atoms with E-state index < -0.39 is 5.92 Å². The van der Waals surface area contributed by atoms with E-state index in [4.69, 9.17) is 10.1 Å². The Morgan fingerprint density at radius 3 is 2.86 bits per heavy atom. The number of nitrogens with one attached hydrogen (secondary N) is 1. The first-order valence-corrected chi connectivity index (χ1v) is 7.26. The van der Waals surface area contributed by atoms with Gasteiger partial charge in [0.2, 0.25) is 5.90 Å². The predicted octanol–water partition coefficient (Wildman–Crippen LogP) is 3.79. The summed E-state index contributed by atoms with van der Waals surface area (Å²) in [5.74, 6) is -0.268. The zero-order valence-electron chi connectivity index (χ0n) is 11.3. The Morgan fingerprint density at radius 2 is 2.14 bits per heavy atom. The molecule has 1 aliphatic heterocycles. The highest BCUT2D eigenvalue weighted by molar-refractivity contribution is 9.10. The molecule has 2 aromatic rings. The summed E-state index contributed by atoms with van der Waals surface area (Å²) in [5.41, 5.74) is 2.87. The molecule has 0 saturated heterocycles. The predicted molar refractivity (Wildman–Crippen MR) is 82.4 cm³/mol. The van der Waals surface area contributed by atoms with Gasteiger partial charge < -0.3 is 4.74 Å². The van der Waals surface area contributed by atoms with Crippen LogP contribution in [0.1, 0.15) is 22.6 Å². The summed E-state index contributed by atoms with van der Waals surface area (Å²) in [6.07, 6.45) is 3.53. The topological polar surface area (TPSA) is 69.8 Å². The molecule has 2 heterocycles. The van der Waals surface area contributed by atoms with Crippen molar-refractivity contribution in [3.05, 3.63) is 57.8 Å². The molecule has 104 valence electrons. The number of ether oxygens (including phenoxy) is 1. The number of nitriles is 1. The molecule has 0 aliphatic carbocycles. The number of hydrogen-bond acceptors (Lipinski definition) is 4. The number of rotatable bonds is 1. The maximum atomic E-state index is 9.44. The van der Waals surface area contributed by atoms with E-state index >= 15 is 0 Å². The molecule has 5 heteroatoms. The molecule has 1 aromatic heterocycles. The number of aryl methyl sites for hydroxylation is 1. The molecule has 0 fully saturated rings. The lowest BCUT2D eigenvalue weighted by atomic mass is 9.79. The van der Waals surface area contributed by atoms with Gasteiger partial charge in [-0.25, -0.2) is 0 Å². The molecule has 3 rings (SSSR count). The van der Waals surface area contributed by atoms with E-state index in [1.54, 1.807) is 12.4 Å². The number of hydrogen-bond donors (Lipinski definition) is 1. The lowest BCUT2D eigenvalue weighted by Gasteiger charge is -2.30. The van der Waals surface area contributed by atoms with Crippen LogP contribution in [-0.4, -0.2) is 10.9 Å². The second-order valence-electron chi connectivity index (χ2n) is 5.03. The number of fused-ring (bicyclic) bond motifs is 1. The minimum absolute atomic E-state index is 0.0189. The fourth-order valence-electron chi connectivity index (χ4n) is 2.62. The van der Waals surface area contributed by atoms with Crippen molar-refractivity contribution in [2.24, 2.45) is 5.92 Å². The normalized spacial score (nSPS) is 20.3. The van der Waals surface area contributed by atoms with Crippen LogP contribution in [-0.2, 0) is 0 Å². The molecule has 0 radical (unpaired) electrons. The summed E-state index contributed by atoms with van der Waals surface area (Å²) >= 11 is 3.40. The Kier molecular flexibility index (Phi) is 3.48. The van der Waals surface area contributed by atoms with Gasteiger partial charge in [0.15, 0.2) is 0 Å². The van der Waals surface area contributed by atoms with Crippen LogP contribution in [0.15, 0.2) is 41.1 Å². The Morgan fingerprint density at radius 1 is 1.33 bits per heavy atom. The number of nitrogens with zero attached hydrogens (tertiary/aromatic N) is 2. The van der Waals surface area contributed by atoms with Crippen LogP contribution in [0.5, 0.6) is 5.75 Å². The molecular weight excluding hydrogens is 330 g/mol. The van der Waals surface area contributed by atoms with Crippen molar-refractivity contribution >= 4 is 21.8 Å². The van der Waals surface area contributed by atoms with Gasteiger partial charge in [0.25, 0.3) is 0 Å². The van der Waals surface area contributed by atoms with Crippen molar-refractivity contribution in [2.45, 2.75) is 12.8 Å². The Balaban J connectivity index is 2.20. The van der Waals surface area contributed by atoms with Crippen molar-refractivity contribution in [3.8, 4) is 11.8 Å². The molecule has 2 atom stereocenters.